The monoisotopic (exact) mass is 560 g/mol. The van der Waals surface area contributed by atoms with Crippen LogP contribution < -0.4 is 8.92 Å². The molecular formula is C21H13F9N2O4S. The highest BCUT2D eigenvalue weighted by Crippen LogP contribution is 2.55. The van der Waals surface area contributed by atoms with Gasteiger partial charge in [0, 0.05) is 17.8 Å². The Labute approximate surface area is 202 Å². The van der Waals surface area contributed by atoms with Gasteiger partial charge in [0.05, 0.1) is 18.5 Å². The van der Waals surface area contributed by atoms with Gasteiger partial charge in [-0.2, -0.15) is 47.9 Å². The SMILES string of the molecule is COc1c(OS(=O)(=O)C(F)(F)C(F)(F)C(F)(F)C(F)(F)F)cc(-c2ccccn2)nc1-c1ccccc1. The Hall–Kier alpha value is -3.56. The van der Waals surface area contributed by atoms with E-state index in [1.54, 1.807) is 6.07 Å². The molecule has 1 aromatic carbocycles. The molecule has 3 aromatic rings. The minimum atomic E-state index is -7.47. The Balaban J connectivity index is 2.22. The molecule has 37 heavy (non-hydrogen) atoms. The maximum Gasteiger partial charge on any atom is 0.460 e. The van der Waals surface area contributed by atoms with Gasteiger partial charge in [0.2, 0.25) is 0 Å². The van der Waals surface area contributed by atoms with Crippen LogP contribution in [0.3, 0.4) is 0 Å². The van der Waals surface area contributed by atoms with E-state index in [4.69, 9.17) is 4.74 Å². The average Bonchev–Trinajstić information content (AvgIpc) is 2.83. The van der Waals surface area contributed by atoms with Gasteiger partial charge in [0.25, 0.3) is 0 Å². The fourth-order valence-corrected chi connectivity index (χ4v) is 3.80. The maximum atomic E-state index is 14.3. The second-order valence-electron chi connectivity index (χ2n) is 7.17. The number of methoxy groups -OCH3 is 1. The van der Waals surface area contributed by atoms with Crippen molar-refractivity contribution >= 4 is 10.1 Å². The topological polar surface area (TPSA) is 78.4 Å². The lowest BCUT2D eigenvalue weighted by Crippen LogP contribution is -2.63. The van der Waals surface area contributed by atoms with Crippen molar-refractivity contribution in [2.45, 2.75) is 23.3 Å². The van der Waals surface area contributed by atoms with Crippen LogP contribution in [0.15, 0.2) is 60.8 Å². The van der Waals surface area contributed by atoms with Crippen LogP contribution in [0.2, 0.25) is 0 Å². The first-order valence-corrected chi connectivity index (χ1v) is 11.1. The van der Waals surface area contributed by atoms with Crippen molar-refractivity contribution < 1.29 is 56.9 Å². The summed E-state index contributed by atoms with van der Waals surface area (Å²) in [6.45, 7) is 0. The van der Waals surface area contributed by atoms with Crippen LogP contribution in [-0.2, 0) is 10.1 Å². The number of halogens is 9. The number of ether oxygens (including phenoxy) is 1. The molecule has 0 amide bonds. The smallest absolute Gasteiger partial charge is 0.460 e. The predicted octanol–water partition coefficient (Wildman–Crippen LogP) is 5.95. The number of aromatic nitrogens is 2. The van der Waals surface area contributed by atoms with E-state index in [0.29, 0.717) is 6.07 Å². The summed E-state index contributed by atoms with van der Waals surface area (Å²) in [6.07, 6.45) is -5.97. The molecule has 0 saturated heterocycles. The third-order valence-electron chi connectivity index (χ3n) is 4.75. The molecule has 0 unspecified atom stereocenters. The number of benzene rings is 1. The van der Waals surface area contributed by atoms with E-state index >= 15 is 0 Å². The zero-order chi connectivity index (χ0) is 27.9. The quantitative estimate of drug-likeness (QED) is 0.250. The van der Waals surface area contributed by atoms with Crippen molar-refractivity contribution in [1.29, 1.82) is 0 Å². The number of pyridine rings is 2. The molecule has 0 N–H and O–H groups in total. The summed E-state index contributed by atoms with van der Waals surface area (Å²) in [6, 6.07) is 12.2. The van der Waals surface area contributed by atoms with Crippen molar-refractivity contribution in [2.24, 2.45) is 0 Å². The molecular weight excluding hydrogens is 547 g/mol. The fraction of sp³-hybridized carbons (Fsp3) is 0.238. The molecule has 0 radical (unpaired) electrons. The van der Waals surface area contributed by atoms with E-state index in [1.807, 2.05) is 0 Å². The number of alkyl halides is 9. The molecule has 3 rings (SSSR count). The van der Waals surface area contributed by atoms with Crippen molar-refractivity contribution in [3.05, 3.63) is 60.8 Å². The number of hydrogen-bond donors (Lipinski definition) is 0. The minimum Gasteiger partial charge on any atom is -0.491 e. The van der Waals surface area contributed by atoms with Crippen LogP contribution in [-0.4, -0.2) is 48.8 Å². The molecule has 6 nitrogen and oxygen atoms in total. The number of rotatable bonds is 8. The Morgan fingerprint density at radius 2 is 1.38 bits per heavy atom. The van der Waals surface area contributed by atoms with Crippen molar-refractivity contribution in [3.63, 3.8) is 0 Å². The predicted molar refractivity (Wildman–Crippen MR) is 110 cm³/mol. The summed E-state index contributed by atoms with van der Waals surface area (Å²) in [7, 11) is -6.35. The third-order valence-corrected chi connectivity index (χ3v) is 6.03. The van der Waals surface area contributed by atoms with Crippen LogP contribution in [0.4, 0.5) is 39.5 Å². The lowest BCUT2D eigenvalue weighted by molar-refractivity contribution is -0.382. The van der Waals surface area contributed by atoms with Gasteiger partial charge in [-0.3, -0.25) is 4.98 Å². The van der Waals surface area contributed by atoms with Crippen molar-refractivity contribution in [3.8, 4) is 34.1 Å². The van der Waals surface area contributed by atoms with Gasteiger partial charge in [-0.15, -0.1) is 0 Å². The number of nitrogens with zero attached hydrogens (tertiary/aromatic N) is 2. The van der Waals surface area contributed by atoms with Gasteiger partial charge in [-0.1, -0.05) is 36.4 Å². The molecule has 0 atom stereocenters. The van der Waals surface area contributed by atoms with E-state index in [2.05, 4.69) is 14.2 Å². The largest absolute Gasteiger partial charge is 0.491 e. The Bertz CT molecular complexity index is 1370. The van der Waals surface area contributed by atoms with Crippen LogP contribution in [0.5, 0.6) is 11.5 Å². The fourth-order valence-electron chi connectivity index (χ4n) is 2.89. The molecule has 0 aliphatic heterocycles. The van der Waals surface area contributed by atoms with Crippen LogP contribution >= 0.6 is 0 Å². The van der Waals surface area contributed by atoms with Crippen molar-refractivity contribution in [2.75, 3.05) is 7.11 Å². The molecule has 0 aliphatic rings. The van der Waals surface area contributed by atoms with Crippen LogP contribution in [0.25, 0.3) is 22.6 Å². The van der Waals surface area contributed by atoms with Crippen LogP contribution in [0.1, 0.15) is 0 Å². The average molecular weight is 560 g/mol. The normalized spacial score (nSPS) is 13.4. The first kappa shape index (κ1) is 28.0. The summed E-state index contributed by atoms with van der Waals surface area (Å²) in [5.41, 5.74) is -0.404. The summed E-state index contributed by atoms with van der Waals surface area (Å²) in [5.74, 6) is -16.9. The van der Waals surface area contributed by atoms with Crippen molar-refractivity contribution in [1.82, 2.24) is 9.97 Å². The van der Waals surface area contributed by atoms with Crippen LogP contribution in [0, 0.1) is 0 Å². The highest BCUT2D eigenvalue weighted by molar-refractivity contribution is 7.88. The molecule has 0 spiro atoms. The molecule has 200 valence electrons. The molecule has 0 saturated carbocycles. The van der Waals surface area contributed by atoms with E-state index in [-0.39, 0.29) is 22.6 Å². The molecule has 2 aromatic heterocycles. The lowest BCUT2D eigenvalue weighted by Gasteiger charge is -2.32. The zero-order valence-electron chi connectivity index (χ0n) is 18.1. The summed E-state index contributed by atoms with van der Waals surface area (Å²) >= 11 is 0. The zero-order valence-corrected chi connectivity index (χ0v) is 18.9. The molecule has 0 fully saturated rings. The Morgan fingerprint density at radius 1 is 0.784 bits per heavy atom. The summed E-state index contributed by atoms with van der Waals surface area (Å²) in [4.78, 5) is 8.11. The minimum absolute atomic E-state index is 0.00900. The van der Waals surface area contributed by atoms with Gasteiger partial charge in [-0.25, -0.2) is 4.98 Å². The second-order valence-corrected chi connectivity index (χ2v) is 8.76. The molecule has 16 heteroatoms. The highest BCUT2D eigenvalue weighted by Gasteiger charge is 2.86. The summed E-state index contributed by atoms with van der Waals surface area (Å²) < 4.78 is 153. The molecule has 0 aliphatic carbocycles. The molecule has 2 heterocycles. The van der Waals surface area contributed by atoms with Gasteiger partial charge in [0.15, 0.2) is 11.5 Å². The number of hydrogen-bond acceptors (Lipinski definition) is 6. The lowest BCUT2D eigenvalue weighted by atomic mass is 10.1. The van der Waals surface area contributed by atoms with E-state index in [1.165, 1.54) is 48.7 Å². The Morgan fingerprint density at radius 3 is 1.89 bits per heavy atom. The Kier molecular flexibility index (Phi) is 7.11. The van der Waals surface area contributed by atoms with Gasteiger partial charge in [0.1, 0.15) is 5.69 Å². The van der Waals surface area contributed by atoms with Gasteiger partial charge < -0.3 is 8.92 Å². The first-order valence-electron chi connectivity index (χ1n) is 9.68. The van der Waals surface area contributed by atoms with Gasteiger partial charge >= 0.3 is 33.4 Å². The summed E-state index contributed by atoms with van der Waals surface area (Å²) in [5, 5.41) is -7.06. The van der Waals surface area contributed by atoms with E-state index < -0.39 is 44.9 Å². The maximum absolute atomic E-state index is 14.3. The first-order chi connectivity index (χ1) is 17.0. The van der Waals surface area contributed by atoms with Gasteiger partial charge in [-0.05, 0) is 12.1 Å². The highest BCUT2D eigenvalue weighted by atomic mass is 32.2. The second kappa shape index (κ2) is 9.39. The third kappa shape index (κ3) is 4.76. The van der Waals surface area contributed by atoms with E-state index in [9.17, 15) is 47.9 Å². The molecule has 0 bridgehead atoms. The van der Waals surface area contributed by atoms with E-state index in [0.717, 1.165) is 7.11 Å². The standard InChI is InChI=1S/C21H13F9N2O4S/c1-35-17-15(36-37(33,34)21(29,30)19(24,25)18(22,23)20(26,27)28)11-14(13-9-5-6-10-31-13)32-16(17)12-7-3-2-4-8-12/h2-11H,1H3.